The smallest absolute Gasteiger partial charge is 0.341 e. The number of thiophene rings is 2. The van der Waals surface area contributed by atoms with Crippen molar-refractivity contribution in [2.45, 2.75) is 75.0 Å². The molecule has 0 unspecified atom stereocenters. The third kappa shape index (κ3) is 9.59. The lowest BCUT2D eigenvalue weighted by molar-refractivity contribution is 0.0516. The molecular weight excluding hydrogens is 905 g/mol. The van der Waals surface area contributed by atoms with Crippen LogP contribution in [-0.2, 0) is 55.2 Å². The second-order valence-corrected chi connectivity index (χ2v) is 20.2. The molecule has 7 rings (SSSR count). The monoisotopic (exact) mass is 950 g/mol. The average molecular weight is 951 g/mol. The molecule has 0 fully saturated rings. The van der Waals surface area contributed by atoms with E-state index in [9.17, 15) is 36.0 Å². The van der Waals surface area contributed by atoms with E-state index in [1.807, 2.05) is 0 Å². The lowest BCUT2D eigenvalue weighted by Crippen LogP contribution is -2.21. The highest BCUT2D eigenvalue weighted by Gasteiger charge is 2.32. The van der Waals surface area contributed by atoms with E-state index in [-0.39, 0.29) is 52.8 Å². The Morgan fingerprint density at radius 1 is 0.609 bits per heavy atom. The van der Waals surface area contributed by atoms with E-state index in [2.05, 4.69) is 20.1 Å². The highest BCUT2D eigenvalue weighted by Crippen LogP contribution is 2.41. The number of benzene rings is 3. The fraction of sp³-hybridized carbons (Fsp3) is 0.318. The predicted molar refractivity (Wildman–Crippen MR) is 244 cm³/mol. The molecule has 2 aliphatic carbocycles. The fourth-order valence-corrected chi connectivity index (χ4v) is 12.7. The summed E-state index contributed by atoms with van der Waals surface area (Å²) in [5.41, 5.74) is 2.36. The van der Waals surface area contributed by atoms with Gasteiger partial charge in [-0.25, -0.2) is 26.4 Å². The highest BCUT2D eigenvalue weighted by atomic mass is 32.2. The van der Waals surface area contributed by atoms with Crippen LogP contribution in [0.4, 0.5) is 21.4 Å². The van der Waals surface area contributed by atoms with Crippen molar-refractivity contribution in [2.75, 3.05) is 47.5 Å². The summed E-state index contributed by atoms with van der Waals surface area (Å²) in [6.07, 6.45) is 6.64. The number of nitrogens with one attached hydrogen (secondary N) is 4. The number of fused-ring (bicyclic) bond motifs is 2. The maximum Gasteiger partial charge on any atom is 0.341 e. The zero-order chi connectivity index (χ0) is 45.8. The first-order chi connectivity index (χ1) is 30.7. The summed E-state index contributed by atoms with van der Waals surface area (Å²) in [5.74, 6) is -2.80. The van der Waals surface area contributed by atoms with E-state index < -0.39 is 53.6 Å². The van der Waals surface area contributed by atoms with Crippen molar-refractivity contribution in [3.63, 3.8) is 0 Å². The molecule has 2 aliphatic rings. The van der Waals surface area contributed by atoms with E-state index in [1.54, 1.807) is 19.9 Å². The van der Waals surface area contributed by atoms with Crippen LogP contribution in [0.25, 0.3) is 0 Å². The zero-order valence-corrected chi connectivity index (χ0v) is 38.6. The number of carbonyl (C=O) groups excluding carboxylic acids is 4. The fourth-order valence-electron chi connectivity index (χ4n) is 7.62. The van der Waals surface area contributed by atoms with Gasteiger partial charge in [0.15, 0.2) is 0 Å². The Morgan fingerprint density at radius 3 is 1.61 bits per heavy atom. The molecular formula is C44H46N4O12S4. The maximum atomic E-state index is 14.2. The van der Waals surface area contributed by atoms with E-state index in [0.717, 1.165) is 71.5 Å². The van der Waals surface area contributed by atoms with Crippen molar-refractivity contribution in [3.05, 3.63) is 104 Å². The summed E-state index contributed by atoms with van der Waals surface area (Å²) in [5, 5.41) is 6.31. The van der Waals surface area contributed by atoms with Gasteiger partial charge in [0.1, 0.15) is 31.3 Å². The minimum atomic E-state index is -4.70. The van der Waals surface area contributed by atoms with Crippen LogP contribution in [0.2, 0.25) is 0 Å². The molecule has 2 heterocycles. The van der Waals surface area contributed by atoms with Gasteiger partial charge in [-0.3, -0.25) is 19.0 Å². The molecule has 0 saturated carbocycles. The Balaban J connectivity index is 1.12. The number of hydrogen-bond acceptors (Lipinski definition) is 14. The molecule has 0 atom stereocenters. The Kier molecular flexibility index (Phi) is 14.0. The molecule has 0 spiro atoms. The number of methoxy groups -OCH3 is 2. The molecule has 64 heavy (non-hydrogen) atoms. The van der Waals surface area contributed by atoms with Gasteiger partial charge in [-0.05, 0) is 119 Å². The molecule has 5 aromatic rings. The number of esters is 2. The minimum Gasteiger partial charge on any atom is -0.495 e. The normalized spacial score (nSPS) is 13.4. The van der Waals surface area contributed by atoms with Crippen molar-refractivity contribution >= 4 is 87.9 Å². The van der Waals surface area contributed by atoms with Crippen molar-refractivity contribution in [2.24, 2.45) is 0 Å². The summed E-state index contributed by atoms with van der Waals surface area (Å²) in [6, 6.07) is 13.3. The van der Waals surface area contributed by atoms with E-state index in [0.29, 0.717) is 28.4 Å². The first-order valence-electron chi connectivity index (χ1n) is 20.5. The lowest BCUT2D eigenvalue weighted by Gasteiger charge is -2.18. The number of anilines is 4. The van der Waals surface area contributed by atoms with Crippen LogP contribution in [0.15, 0.2) is 70.5 Å². The van der Waals surface area contributed by atoms with Gasteiger partial charge in [-0.2, -0.15) is 0 Å². The number of ether oxygens (including phenoxy) is 4. The Bertz CT molecular complexity index is 2850. The van der Waals surface area contributed by atoms with Gasteiger partial charge in [0.2, 0.25) is 0 Å². The third-order valence-electron chi connectivity index (χ3n) is 10.6. The summed E-state index contributed by atoms with van der Waals surface area (Å²) < 4.78 is 82.5. The Labute approximate surface area is 378 Å². The van der Waals surface area contributed by atoms with Crippen LogP contribution < -0.4 is 29.6 Å². The van der Waals surface area contributed by atoms with Crippen LogP contribution in [0.3, 0.4) is 0 Å². The number of aryl methyl sites for hydroxylation is 2. The topological polar surface area (TPSA) is 222 Å². The molecule has 2 aromatic heterocycles. The lowest BCUT2D eigenvalue weighted by atomic mass is 9.95. The van der Waals surface area contributed by atoms with Crippen molar-refractivity contribution in [1.29, 1.82) is 0 Å². The number of hydrogen-bond donors (Lipinski definition) is 4. The van der Waals surface area contributed by atoms with Gasteiger partial charge >= 0.3 is 11.9 Å². The number of rotatable bonds is 16. The second-order valence-electron chi connectivity index (χ2n) is 14.7. The van der Waals surface area contributed by atoms with E-state index in [1.165, 1.54) is 79.4 Å². The minimum absolute atomic E-state index is 0.0356. The first-order valence-corrected chi connectivity index (χ1v) is 25.1. The summed E-state index contributed by atoms with van der Waals surface area (Å²) >= 11 is 2.62. The Hall–Kier alpha value is -5.96. The SMILES string of the molecule is CCOC(=O)c1c(NC(=O)c2ccc(NS(=O)(=O)c3cc(S(=O)(=O)Nc4ccccc4C(=O)Nc4sc5c(c4C(=O)OCC)CCCC5)c(OC)cc3OC)cc2)sc2c1CCCC2. The molecule has 338 valence electrons. The molecule has 16 nitrogen and oxygen atoms in total. The molecule has 0 aliphatic heterocycles. The number of amides is 2. The van der Waals surface area contributed by atoms with E-state index in [4.69, 9.17) is 18.9 Å². The first kappa shape index (κ1) is 46.0. The van der Waals surface area contributed by atoms with Crippen LogP contribution in [0.5, 0.6) is 11.5 Å². The molecule has 4 N–H and O–H groups in total. The van der Waals surface area contributed by atoms with E-state index >= 15 is 0 Å². The second kappa shape index (κ2) is 19.4. The largest absolute Gasteiger partial charge is 0.495 e. The molecule has 0 radical (unpaired) electrons. The van der Waals surface area contributed by atoms with Gasteiger partial charge in [0.05, 0.1) is 49.8 Å². The van der Waals surface area contributed by atoms with Crippen molar-refractivity contribution in [3.8, 4) is 11.5 Å². The summed E-state index contributed by atoms with van der Waals surface area (Å²) in [7, 11) is -6.88. The van der Waals surface area contributed by atoms with Crippen LogP contribution in [0, 0.1) is 0 Å². The highest BCUT2D eigenvalue weighted by molar-refractivity contribution is 7.93. The number of sulfonamides is 2. The molecule has 0 saturated heterocycles. The molecule has 3 aromatic carbocycles. The van der Waals surface area contributed by atoms with Crippen LogP contribution >= 0.6 is 22.7 Å². The predicted octanol–water partition coefficient (Wildman–Crippen LogP) is 8.04. The van der Waals surface area contributed by atoms with Crippen LogP contribution in [-0.4, -0.2) is 68.0 Å². The van der Waals surface area contributed by atoms with Gasteiger partial charge in [0.25, 0.3) is 31.9 Å². The number of carbonyl (C=O) groups is 4. The van der Waals surface area contributed by atoms with Gasteiger partial charge in [-0.1, -0.05) is 12.1 Å². The molecule has 20 heteroatoms. The molecule has 2 amide bonds. The van der Waals surface area contributed by atoms with Crippen LogP contribution in [0.1, 0.15) is 102 Å². The van der Waals surface area contributed by atoms with Gasteiger partial charge < -0.3 is 29.6 Å². The van der Waals surface area contributed by atoms with Gasteiger partial charge in [0, 0.05) is 27.1 Å². The number of para-hydroxylation sites is 1. The standard InChI is InChI=1S/C44H46N4O12S4/c1-5-59-43(51)37-28-14-8-11-17-33(28)61-41(37)45-39(49)25-19-21-26(22-20-25)47-63(53,54)35-24-36(32(58-4)23-31(35)57-3)64(55,56)48-30-16-10-7-13-27(30)40(50)46-42-38(44(52)60-6-2)29-15-9-12-18-34(29)62-42/h7,10,13,16,19-24,47-48H,5-6,8-9,11-12,14-15,17-18H2,1-4H3,(H,45,49)(H,46,50). The molecule has 0 bridgehead atoms. The third-order valence-corrected chi connectivity index (χ3v) is 15.8. The average Bonchev–Trinajstić information content (AvgIpc) is 3.83. The zero-order valence-electron chi connectivity index (χ0n) is 35.4. The summed E-state index contributed by atoms with van der Waals surface area (Å²) in [6.45, 7) is 3.72. The van der Waals surface area contributed by atoms with Crippen molar-refractivity contribution in [1.82, 2.24) is 0 Å². The van der Waals surface area contributed by atoms with Gasteiger partial charge in [-0.15, -0.1) is 22.7 Å². The summed E-state index contributed by atoms with van der Waals surface area (Å²) in [4.78, 5) is 54.0. The van der Waals surface area contributed by atoms with Crippen molar-refractivity contribution < 1.29 is 55.0 Å². The quantitative estimate of drug-likeness (QED) is 0.0691. The maximum absolute atomic E-state index is 14.2. The Morgan fingerprint density at radius 2 is 1.09 bits per heavy atom.